The molecule has 0 spiro atoms. The molecule has 0 aromatic rings. The van der Waals surface area contributed by atoms with Gasteiger partial charge in [0.05, 0.1) is 12.2 Å². The summed E-state index contributed by atoms with van der Waals surface area (Å²) in [4.78, 5) is 0. The molecule has 4 rings (SSSR count). The number of hydrogen-bond donors (Lipinski definition) is 3. The SMILES string of the molecule is C=C(CC(O)C(C)C1CCC2C3CC=C4[C@@H](O)[C@@H](O)CC[C@]4(C)C3CC[C@]12C)C(C)C. The van der Waals surface area contributed by atoms with E-state index >= 15 is 0 Å². The number of aliphatic hydroxyl groups excluding tert-OH is 3. The van der Waals surface area contributed by atoms with Gasteiger partial charge in [-0.2, -0.15) is 0 Å². The summed E-state index contributed by atoms with van der Waals surface area (Å²) in [5.41, 5.74) is 2.64. The lowest BCUT2D eigenvalue weighted by Gasteiger charge is -2.59. The third-order valence-corrected chi connectivity index (χ3v) is 10.8. The second kappa shape index (κ2) is 8.29. The fourth-order valence-corrected chi connectivity index (χ4v) is 8.58. The summed E-state index contributed by atoms with van der Waals surface area (Å²) in [5, 5.41) is 32.0. The lowest BCUT2D eigenvalue weighted by molar-refractivity contribution is -0.0854. The van der Waals surface area contributed by atoms with Crippen molar-refractivity contribution in [2.45, 2.75) is 104 Å². The molecule has 0 aliphatic heterocycles. The van der Waals surface area contributed by atoms with E-state index in [0.717, 1.165) is 24.8 Å². The summed E-state index contributed by atoms with van der Waals surface area (Å²) < 4.78 is 0. The molecule has 4 aliphatic carbocycles. The first-order valence-corrected chi connectivity index (χ1v) is 12.9. The van der Waals surface area contributed by atoms with E-state index in [1.54, 1.807) is 0 Å². The summed E-state index contributed by atoms with van der Waals surface area (Å²) in [6, 6.07) is 0. The second-order valence-electron chi connectivity index (χ2n) is 12.4. The van der Waals surface area contributed by atoms with Gasteiger partial charge >= 0.3 is 0 Å². The molecule has 0 saturated heterocycles. The minimum absolute atomic E-state index is 0.0428. The van der Waals surface area contributed by atoms with E-state index in [1.807, 2.05) is 0 Å². The first-order valence-electron chi connectivity index (χ1n) is 12.9. The molecule has 0 bridgehead atoms. The Morgan fingerprint density at radius 2 is 1.77 bits per heavy atom. The molecule has 0 amide bonds. The van der Waals surface area contributed by atoms with Crippen molar-refractivity contribution in [1.82, 2.24) is 0 Å². The minimum atomic E-state index is -0.673. The quantitative estimate of drug-likeness (QED) is 0.505. The van der Waals surface area contributed by atoms with Crippen molar-refractivity contribution in [1.29, 1.82) is 0 Å². The van der Waals surface area contributed by atoms with Gasteiger partial charge in [0.15, 0.2) is 0 Å². The fourth-order valence-electron chi connectivity index (χ4n) is 8.58. The van der Waals surface area contributed by atoms with Crippen LogP contribution in [0.4, 0.5) is 0 Å². The van der Waals surface area contributed by atoms with Crippen LogP contribution in [0.5, 0.6) is 0 Å². The maximum Gasteiger partial charge on any atom is 0.101 e. The van der Waals surface area contributed by atoms with Crippen LogP contribution in [0.1, 0.15) is 86.0 Å². The number of hydrogen-bond acceptors (Lipinski definition) is 3. The fraction of sp³-hybridized carbons (Fsp3) is 0.857. The van der Waals surface area contributed by atoms with Gasteiger partial charge in [-0.1, -0.05) is 52.8 Å². The third kappa shape index (κ3) is 3.67. The summed E-state index contributed by atoms with van der Waals surface area (Å²) >= 11 is 0. The Kier molecular flexibility index (Phi) is 6.29. The topological polar surface area (TPSA) is 60.7 Å². The summed E-state index contributed by atoms with van der Waals surface area (Å²) in [5.74, 6) is 3.31. The lowest BCUT2D eigenvalue weighted by atomic mass is 9.46. The van der Waals surface area contributed by atoms with Gasteiger partial charge in [0.25, 0.3) is 0 Å². The summed E-state index contributed by atoms with van der Waals surface area (Å²) in [7, 11) is 0. The zero-order valence-corrected chi connectivity index (χ0v) is 20.5. The normalized spacial score (nSPS) is 46.5. The molecule has 0 aromatic carbocycles. The van der Waals surface area contributed by atoms with Crippen molar-refractivity contribution in [3.05, 3.63) is 23.8 Å². The van der Waals surface area contributed by atoms with Gasteiger partial charge in [-0.05, 0) is 103 Å². The van der Waals surface area contributed by atoms with E-state index in [9.17, 15) is 15.3 Å². The van der Waals surface area contributed by atoms with Gasteiger partial charge in [-0.25, -0.2) is 0 Å². The van der Waals surface area contributed by atoms with Gasteiger partial charge in [0, 0.05) is 0 Å². The second-order valence-corrected chi connectivity index (χ2v) is 12.4. The van der Waals surface area contributed by atoms with Crippen LogP contribution in [0.2, 0.25) is 0 Å². The molecule has 0 radical (unpaired) electrons. The number of aliphatic hydroxyl groups is 3. The van der Waals surface area contributed by atoms with Crippen molar-refractivity contribution in [2.24, 2.45) is 46.3 Å². The lowest BCUT2D eigenvalue weighted by Crippen LogP contribution is -2.54. The molecule has 3 heteroatoms. The van der Waals surface area contributed by atoms with Crippen molar-refractivity contribution in [2.75, 3.05) is 0 Å². The first-order chi connectivity index (χ1) is 14.5. The molecule has 31 heavy (non-hydrogen) atoms. The van der Waals surface area contributed by atoms with Gasteiger partial charge in [0.1, 0.15) is 6.10 Å². The van der Waals surface area contributed by atoms with E-state index in [4.69, 9.17) is 0 Å². The molecular formula is C28H46O3. The van der Waals surface area contributed by atoms with E-state index in [1.165, 1.54) is 31.3 Å². The monoisotopic (exact) mass is 430 g/mol. The summed E-state index contributed by atoms with van der Waals surface area (Å²) in [6.45, 7) is 15.7. The molecule has 3 nitrogen and oxygen atoms in total. The maximum atomic E-state index is 11.1. The standard InChI is InChI=1S/C28H46O3/c1-16(2)17(3)15-25(30)18(4)20-9-10-21-19-7-8-23-26(31)24(29)12-14-28(23,6)22(19)11-13-27(20,21)5/h8,16,18-22,24-26,29-31H,3,7,9-15H2,1-2,4-6H3/t18?,19?,20?,21?,22?,24-,25?,26+,27+,28+/m0/s1. The molecule has 4 aliphatic rings. The highest BCUT2D eigenvalue weighted by Crippen LogP contribution is 2.67. The minimum Gasteiger partial charge on any atom is -0.393 e. The predicted molar refractivity (Wildman–Crippen MR) is 126 cm³/mol. The molecule has 10 atom stereocenters. The van der Waals surface area contributed by atoms with E-state index in [0.29, 0.717) is 47.3 Å². The van der Waals surface area contributed by atoms with E-state index < -0.39 is 12.2 Å². The predicted octanol–water partition coefficient (Wildman–Crippen LogP) is 5.50. The smallest absolute Gasteiger partial charge is 0.101 e. The van der Waals surface area contributed by atoms with Crippen LogP contribution in [0.25, 0.3) is 0 Å². The molecule has 3 fully saturated rings. The van der Waals surface area contributed by atoms with Gasteiger partial charge < -0.3 is 15.3 Å². The zero-order valence-electron chi connectivity index (χ0n) is 20.5. The van der Waals surface area contributed by atoms with Crippen LogP contribution in [-0.2, 0) is 0 Å². The van der Waals surface area contributed by atoms with Crippen LogP contribution in [0.3, 0.4) is 0 Å². The van der Waals surface area contributed by atoms with Crippen LogP contribution < -0.4 is 0 Å². The highest BCUT2D eigenvalue weighted by atomic mass is 16.3. The Hall–Kier alpha value is -0.640. The average Bonchev–Trinajstić information content (AvgIpc) is 3.07. The third-order valence-electron chi connectivity index (χ3n) is 10.8. The Balaban J connectivity index is 1.54. The molecule has 3 N–H and O–H groups in total. The highest BCUT2D eigenvalue weighted by Gasteiger charge is 2.60. The van der Waals surface area contributed by atoms with Crippen molar-refractivity contribution in [3.63, 3.8) is 0 Å². The van der Waals surface area contributed by atoms with E-state index in [-0.39, 0.29) is 11.5 Å². The van der Waals surface area contributed by atoms with Crippen LogP contribution in [0.15, 0.2) is 23.8 Å². The molecule has 3 saturated carbocycles. The Bertz CT molecular complexity index is 726. The van der Waals surface area contributed by atoms with Crippen molar-refractivity contribution in [3.8, 4) is 0 Å². The number of fused-ring (bicyclic) bond motifs is 5. The number of rotatable bonds is 5. The highest BCUT2D eigenvalue weighted by molar-refractivity contribution is 5.29. The molecule has 176 valence electrons. The molecular weight excluding hydrogens is 384 g/mol. The van der Waals surface area contributed by atoms with Gasteiger partial charge in [-0.3, -0.25) is 0 Å². The van der Waals surface area contributed by atoms with Crippen molar-refractivity contribution < 1.29 is 15.3 Å². The maximum absolute atomic E-state index is 11.1. The van der Waals surface area contributed by atoms with Crippen LogP contribution in [0, 0.1) is 46.3 Å². The van der Waals surface area contributed by atoms with Crippen molar-refractivity contribution >= 4 is 0 Å². The Morgan fingerprint density at radius 3 is 2.45 bits per heavy atom. The molecule has 0 heterocycles. The largest absolute Gasteiger partial charge is 0.393 e. The van der Waals surface area contributed by atoms with Crippen LogP contribution >= 0.6 is 0 Å². The molecule has 0 aromatic heterocycles. The first kappa shape index (κ1) is 23.5. The Labute approximate surface area is 190 Å². The van der Waals surface area contributed by atoms with Gasteiger partial charge in [0.2, 0.25) is 0 Å². The summed E-state index contributed by atoms with van der Waals surface area (Å²) in [6.07, 6.45) is 9.18. The number of allylic oxidation sites excluding steroid dienone is 1. The average molecular weight is 431 g/mol. The molecule has 6 unspecified atom stereocenters. The van der Waals surface area contributed by atoms with Gasteiger partial charge in [-0.15, -0.1) is 0 Å². The zero-order chi connectivity index (χ0) is 22.7. The van der Waals surface area contributed by atoms with E-state index in [2.05, 4.69) is 47.3 Å². The Morgan fingerprint density at radius 1 is 1.06 bits per heavy atom. The van der Waals surface area contributed by atoms with Crippen LogP contribution in [-0.4, -0.2) is 33.6 Å².